The predicted octanol–water partition coefficient (Wildman–Crippen LogP) is 3.17. The lowest BCUT2D eigenvalue weighted by Gasteiger charge is -2.58. The molecule has 4 bridgehead atoms. The highest BCUT2D eigenvalue weighted by atomic mass is 16.6. The Hall–Kier alpha value is -1.58. The third kappa shape index (κ3) is 2.59. The standard InChI is InChI=1S/C18H24O4/c1-10(2)16(19)21-15-13-5-12-6-14(15)9-18(7-12,8-13)22-17(20)11(3)4/h12-15H,1,3,5-9H2,2,4H3. The van der Waals surface area contributed by atoms with Crippen molar-refractivity contribution in [3.05, 3.63) is 24.3 Å². The van der Waals surface area contributed by atoms with Gasteiger partial charge < -0.3 is 9.47 Å². The lowest BCUT2D eigenvalue weighted by molar-refractivity contribution is -0.211. The van der Waals surface area contributed by atoms with E-state index >= 15 is 0 Å². The average molecular weight is 304 g/mol. The Kier molecular flexibility index (Phi) is 3.66. The first kappa shape index (κ1) is 15.3. The van der Waals surface area contributed by atoms with Gasteiger partial charge in [-0.05, 0) is 51.9 Å². The third-order valence-corrected chi connectivity index (χ3v) is 5.38. The molecule has 4 nitrogen and oxygen atoms in total. The Balaban J connectivity index is 1.75. The van der Waals surface area contributed by atoms with Crippen molar-refractivity contribution in [3.63, 3.8) is 0 Å². The molecule has 4 aliphatic rings. The van der Waals surface area contributed by atoms with Gasteiger partial charge in [-0.2, -0.15) is 0 Å². The molecule has 4 rings (SSSR count). The van der Waals surface area contributed by atoms with E-state index in [1.807, 2.05) is 0 Å². The van der Waals surface area contributed by atoms with Gasteiger partial charge in [-0.3, -0.25) is 0 Å². The van der Waals surface area contributed by atoms with Crippen LogP contribution in [0.3, 0.4) is 0 Å². The van der Waals surface area contributed by atoms with Crippen LogP contribution in [0.25, 0.3) is 0 Å². The summed E-state index contributed by atoms with van der Waals surface area (Å²) in [5, 5.41) is 0. The second kappa shape index (κ2) is 5.25. The number of carbonyl (C=O) groups excluding carboxylic acids is 2. The zero-order chi connectivity index (χ0) is 16.1. The van der Waals surface area contributed by atoms with Crippen LogP contribution in [0.15, 0.2) is 24.3 Å². The van der Waals surface area contributed by atoms with E-state index in [0.717, 1.165) is 32.1 Å². The summed E-state index contributed by atoms with van der Waals surface area (Å²) in [6, 6.07) is 0. The highest BCUT2D eigenvalue weighted by molar-refractivity contribution is 5.87. The van der Waals surface area contributed by atoms with E-state index in [-0.39, 0.29) is 23.6 Å². The van der Waals surface area contributed by atoms with E-state index in [0.29, 0.717) is 28.9 Å². The van der Waals surface area contributed by atoms with Gasteiger partial charge in [0.1, 0.15) is 11.7 Å². The van der Waals surface area contributed by atoms with Crippen molar-refractivity contribution in [2.24, 2.45) is 17.8 Å². The van der Waals surface area contributed by atoms with E-state index in [4.69, 9.17) is 9.47 Å². The fourth-order valence-electron chi connectivity index (χ4n) is 4.73. The minimum absolute atomic E-state index is 0.0441. The van der Waals surface area contributed by atoms with Crippen molar-refractivity contribution in [3.8, 4) is 0 Å². The van der Waals surface area contributed by atoms with Gasteiger partial charge >= 0.3 is 11.9 Å². The molecule has 0 aromatic heterocycles. The van der Waals surface area contributed by atoms with Crippen LogP contribution in [-0.4, -0.2) is 23.6 Å². The summed E-state index contributed by atoms with van der Waals surface area (Å²) in [5.74, 6) is 0.582. The van der Waals surface area contributed by atoms with Crippen molar-refractivity contribution >= 4 is 11.9 Å². The number of hydrogen-bond donors (Lipinski definition) is 0. The van der Waals surface area contributed by atoms with Crippen LogP contribution in [-0.2, 0) is 19.1 Å². The zero-order valence-corrected chi connectivity index (χ0v) is 13.4. The first-order chi connectivity index (χ1) is 10.3. The second-order valence-electron chi connectivity index (χ2n) is 7.47. The summed E-state index contributed by atoms with van der Waals surface area (Å²) in [6.45, 7) is 10.7. The van der Waals surface area contributed by atoms with Crippen LogP contribution in [0.5, 0.6) is 0 Å². The molecule has 4 aliphatic carbocycles. The normalized spacial score (nSPS) is 38.5. The fourth-order valence-corrected chi connectivity index (χ4v) is 4.73. The molecule has 4 fully saturated rings. The highest BCUT2D eigenvalue weighted by Crippen LogP contribution is 2.58. The van der Waals surface area contributed by atoms with Crippen LogP contribution >= 0.6 is 0 Å². The number of ether oxygens (including phenoxy) is 2. The Morgan fingerprint density at radius 2 is 1.50 bits per heavy atom. The van der Waals surface area contributed by atoms with E-state index in [1.165, 1.54) is 0 Å². The maximum absolute atomic E-state index is 12.0. The monoisotopic (exact) mass is 304 g/mol. The molecule has 0 aromatic rings. The topological polar surface area (TPSA) is 52.6 Å². The Labute approximate surface area is 131 Å². The molecule has 0 heterocycles. The molecule has 120 valence electrons. The van der Waals surface area contributed by atoms with E-state index < -0.39 is 0 Å². The molecule has 0 aliphatic heterocycles. The van der Waals surface area contributed by atoms with Crippen molar-refractivity contribution in [2.45, 2.75) is 57.7 Å². The molecule has 2 unspecified atom stereocenters. The van der Waals surface area contributed by atoms with Crippen LogP contribution in [0.2, 0.25) is 0 Å². The molecule has 0 radical (unpaired) electrons. The van der Waals surface area contributed by atoms with Crippen LogP contribution < -0.4 is 0 Å². The summed E-state index contributed by atoms with van der Waals surface area (Å²) < 4.78 is 11.5. The molecule has 4 saturated carbocycles. The lowest BCUT2D eigenvalue weighted by atomic mass is 9.53. The van der Waals surface area contributed by atoms with E-state index in [9.17, 15) is 9.59 Å². The lowest BCUT2D eigenvalue weighted by Crippen LogP contribution is -2.59. The van der Waals surface area contributed by atoms with Gasteiger partial charge in [-0.15, -0.1) is 0 Å². The van der Waals surface area contributed by atoms with Gasteiger partial charge in [-0.25, -0.2) is 9.59 Å². The quantitative estimate of drug-likeness (QED) is 0.591. The van der Waals surface area contributed by atoms with Gasteiger partial charge in [-0.1, -0.05) is 13.2 Å². The van der Waals surface area contributed by atoms with Crippen LogP contribution in [0.4, 0.5) is 0 Å². The minimum atomic E-state index is -0.362. The number of hydrogen-bond acceptors (Lipinski definition) is 4. The summed E-state index contributed by atoms with van der Waals surface area (Å²) in [5.41, 5.74) is 0.525. The Bertz CT molecular complexity index is 531. The molecule has 22 heavy (non-hydrogen) atoms. The van der Waals surface area contributed by atoms with Gasteiger partial charge in [0.25, 0.3) is 0 Å². The minimum Gasteiger partial charge on any atom is -0.458 e. The van der Waals surface area contributed by atoms with Crippen LogP contribution in [0, 0.1) is 17.8 Å². The number of esters is 2. The van der Waals surface area contributed by atoms with E-state index in [2.05, 4.69) is 13.2 Å². The maximum atomic E-state index is 12.0. The summed E-state index contributed by atoms with van der Waals surface area (Å²) in [6.07, 6.45) is 4.63. The van der Waals surface area contributed by atoms with Crippen LogP contribution in [0.1, 0.15) is 46.0 Å². The van der Waals surface area contributed by atoms with E-state index in [1.54, 1.807) is 13.8 Å². The average Bonchev–Trinajstić information content (AvgIpc) is 2.41. The molecule has 0 amide bonds. The Morgan fingerprint density at radius 3 is 2.00 bits per heavy atom. The summed E-state index contributed by atoms with van der Waals surface area (Å²) in [4.78, 5) is 23.8. The molecule has 4 heteroatoms. The molecule has 2 atom stereocenters. The van der Waals surface area contributed by atoms with Gasteiger partial charge in [0.05, 0.1) is 0 Å². The first-order valence-corrected chi connectivity index (χ1v) is 8.05. The second-order valence-corrected chi connectivity index (χ2v) is 7.47. The largest absolute Gasteiger partial charge is 0.458 e. The van der Waals surface area contributed by atoms with Gasteiger partial charge in [0.2, 0.25) is 0 Å². The fraction of sp³-hybridized carbons (Fsp3) is 0.667. The summed E-state index contributed by atoms with van der Waals surface area (Å²) in [7, 11) is 0. The van der Waals surface area contributed by atoms with Crippen molar-refractivity contribution < 1.29 is 19.1 Å². The first-order valence-electron chi connectivity index (χ1n) is 8.05. The molecular formula is C18H24O4. The maximum Gasteiger partial charge on any atom is 0.333 e. The third-order valence-electron chi connectivity index (χ3n) is 5.38. The zero-order valence-electron chi connectivity index (χ0n) is 13.4. The van der Waals surface area contributed by atoms with Crippen molar-refractivity contribution in [1.29, 1.82) is 0 Å². The van der Waals surface area contributed by atoms with Gasteiger partial charge in [0.15, 0.2) is 0 Å². The molecule has 0 aromatic carbocycles. The summed E-state index contributed by atoms with van der Waals surface area (Å²) >= 11 is 0. The molecule has 0 saturated heterocycles. The number of carbonyl (C=O) groups is 2. The highest BCUT2D eigenvalue weighted by Gasteiger charge is 2.58. The van der Waals surface area contributed by atoms with Crippen molar-refractivity contribution in [1.82, 2.24) is 0 Å². The predicted molar refractivity (Wildman–Crippen MR) is 81.9 cm³/mol. The SMILES string of the molecule is C=C(C)C(=O)OC1C2CC3CC1CC(OC(=O)C(=C)C)(C3)C2. The molecule has 0 N–H and O–H groups in total. The van der Waals surface area contributed by atoms with Gasteiger partial charge in [0, 0.05) is 23.0 Å². The van der Waals surface area contributed by atoms with Crippen molar-refractivity contribution in [2.75, 3.05) is 0 Å². The molecular weight excluding hydrogens is 280 g/mol. The molecule has 0 spiro atoms. The number of rotatable bonds is 4. The Morgan fingerprint density at radius 1 is 0.955 bits per heavy atom. The smallest absolute Gasteiger partial charge is 0.333 e.